The Kier molecular flexibility index (Phi) is 1.62. The van der Waals surface area contributed by atoms with Crippen LogP contribution in [0.1, 0.15) is 0 Å². The maximum Gasteiger partial charge on any atom is 0.260 e. The summed E-state index contributed by atoms with van der Waals surface area (Å²) in [5.41, 5.74) is 7.91. The second-order valence-corrected chi connectivity index (χ2v) is 3.87. The highest BCUT2D eigenvalue weighted by Crippen LogP contribution is 2.32. The molecule has 1 aliphatic rings. The van der Waals surface area contributed by atoms with E-state index in [9.17, 15) is 4.79 Å². The fourth-order valence-electron chi connectivity index (χ4n) is 1.94. The molecule has 0 bridgehead atoms. The van der Waals surface area contributed by atoms with Crippen LogP contribution in [0.3, 0.4) is 0 Å². The van der Waals surface area contributed by atoms with E-state index in [4.69, 9.17) is 5.73 Å². The van der Waals surface area contributed by atoms with Gasteiger partial charge in [0.1, 0.15) is 0 Å². The first-order chi connectivity index (χ1) is 7.65. The average Bonchev–Trinajstić information content (AvgIpc) is 2.58. The van der Waals surface area contributed by atoms with E-state index in [1.165, 1.54) is 0 Å². The number of nitrogen functional groups attached to an aromatic ring is 1. The molecule has 0 saturated heterocycles. The summed E-state index contributed by atoms with van der Waals surface area (Å²) in [6.07, 6.45) is 0. The molecule has 1 aliphatic heterocycles. The molecule has 6 heteroatoms. The van der Waals surface area contributed by atoms with Crippen molar-refractivity contribution in [3.63, 3.8) is 0 Å². The van der Waals surface area contributed by atoms with Gasteiger partial charge < -0.3 is 16.0 Å². The Bertz CT molecular complexity index is 633. The molecule has 0 unspecified atom stereocenters. The third kappa shape index (κ3) is 1.13. The van der Waals surface area contributed by atoms with Gasteiger partial charge in [0, 0.05) is 7.05 Å². The lowest BCUT2D eigenvalue weighted by Gasteiger charge is -2.09. The second kappa shape index (κ2) is 2.88. The number of aromatic nitrogens is 2. The maximum absolute atomic E-state index is 11.7. The van der Waals surface area contributed by atoms with Gasteiger partial charge in [0.25, 0.3) is 5.56 Å². The summed E-state index contributed by atoms with van der Waals surface area (Å²) in [6, 6.07) is 3.68. The Hall–Kier alpha value is -2.24. The number of H-pyrrole nitrogens is 1. The number of hydrogen-bond donors (Lipinski definition) is 3. The van der Waals surface area contributed by atoms with E-state index in [0.717, 1.165) is 18.0 Å². The number of nitrogens with zero attached hydrogens (tertiary/aromatic N) is 2. The maximum atomic E-state index is 11.7. The summed E-state index contributed by atoms with van der Waals surface area (Å²) in [7, 11) is 1.97. The van der Waals surface area contributed by atoms with E-state index < -0.39 is 0 Å². The summed E-state index contributed by atoms with van der Waals surface area (Å²) < 4.78 is 0. The van der Waals surface area contributed by atoms with Gasteiger partial charge in [-0.25, -0.2) is 4.98 Å². The number of hydrogen-bond acceptors (Lipinski definition) is 5. The first kappa shape index (κ1) is 9.02. The Labute approximate surface area is 91.1 Å². The monoisotopic (exact) mass is 217 g/mol. The standard InChI is InChI=1S/C10H11N5O/c1-15-4-12-7-2-5-6(3-8(7)15)13-10(11)14-9(5)16/h2-3,12H,4H2,1H3,(H3,11,13,14,16). The first-order valence-corrected chi connectivity index (χ1v) is 4.94. The zero-order chi connectivity index (χ0) is 11.3. The van der Waals surface area contributed by atoms with Crippen LogP contribution in [-0.4, -0.2) is 23.7 Å². The summed E-state index contributed by atoms with van der Waals surface area (Å²) in [4.78, 5) is 20.3. The highest BCUT2D eigenvalue weighted by molar-refractivity contribution is 5.91. The lowest BCUT2D eigenvalue weighted by Crippen LogP contribution is -2.16. The van der Waals surface area contributed by atoms with E-state index in [0.29, 0.717) is 10.9 Å². The SMILES string of the molecule is CN1CNc2cc3c(=O)[nH]c(N)nc3cc21. The molecule has 0 saturated carbocycles. The lowest BCUT2D eigenvalue weighted by atomic mass is 10.2. The molecular formula is C10H11N5O. The van der Waals surface area contributed by atoms with Crippen LogP contribution in [-0.2, 0) is 0 Å². The van der Waals surface area contributed by atoms with Gasteiger partial charge in [-0.15, -0.1) is 0 Å². The van der Waals surface area contributed by atoms with Gasteiger partial charge in [-0.3, -0.25) is 9.78 Å². The third-order valence-electron chi connectivity index (χ3n) is 2.76. The molecule has 0 amide bonds. The van der Waals surface area contributed by atoms with Gasteiger partial charge >= 0.3 is 0 Å². The zero-order valence-electron chi connectivity index (χ0n) is 8.74. The molecule has 16 heavy (non-hydrogen) atoms. The van der Waals surface area contributed by atoms with Crippen LogP contribution < -0.4 is 21.5 Å². The van der Waals surface area contributed by atoms with Crippen molar-refractivity contribution in [1.82, 2.24) is 9.97 Å². The van der Waals surface area contributed by atoms with Crippen LogP contribution >= 0.6 is 0 Å². The van der Waals surface area contributed by atoms with Crippen molar-refractivity contribution in [2.75, 3.05) is 29.7 Å². The minimum Gasteiger partial charge on any atom is -0.369 e. The highest BCUT2D eigenvalue weighted by Gasteiger charge is 2.17. The Balaban J connectivity index is 2.40. The van der Waals surface area contributed by atoms with Crippen molar-refractivity contribution in [1.29, 1.82) is 0 Å². The molecule has 0 spiro atoms. The number of aromatic amines is 1. The van der Waals surface area contributed by atoms with Crippen LogP contribution in [0.2, 0.25) is 0 Å². The topological polar surface area (TPSA) is 87.0 Å². The molecule has 1 aromatic heterocycles. The number of benzene rings is 1. The van der Waals surface area contributed by atoms with Crippen molar-refractivity contribution in [3.05, 3.63) is 22.5 Å². The van der Waals surface area contributed by atoms with Crippen LogP contribution in [0.4, 0.5) is 17.3 Å². The minimum absolute atomic E-state index is 0.144. The van der Waals surface area contributed by atoms with Crippen molar-refractivity contribution in [2.45, 2.75) is 0 Å². The summed E-state index contributed by atoms with van der Waals surface area (Å²) in [5.74, 6) is 0.144. The zero-order valence-corrected chi connectivity index (χ0v) is 8.74. The van der Waals surface area contributed by atoms with Gasteiger partial charge in [0.15, 0.2) is 0 Å². The first-order valence-electron chi connectivity index (χ1n) is 4.94. The second-order valence-electron chi connectivity index (χ2n) is 3.87. The normalized spacial score (nSPS) is 13.9. The quantitative estimate of drug-likeness (QED) is 0.591. The van der Waals surface area contributed by atoms with Crippen LogP contribution in [0.5, 0.6) is 0 Å². The molecule has 1 aromatic carbocycles. The van der Waals surface area contributed by atoms with Crippen LogP contribution in [0, 0.1) is 0 Å². The van der Waals surface area contributed by atoms with Crippen molar-refractivity contribution in [2.24, 2.45) is 0 Å². The van der Waals surface area contributed by atoms with Gasteiger partial charge in [-0.2, -0.15) is 0 Å². The predicted octanol–water partition coefficient (Wildman–Crippen LogP) is 0.325. The molecule has 2 heterocycles. The van der Waals surface area contributed by atoms with Gasteiger partial charge in [-0.1, -0.05) is 0 Å². The Morgan fingerprint density at radius 3 is 3.12 bits per heavy atom. The van der Waals surface area contributed by atoms with Crippen molar-refractivity contribution in [3.8, 4) is 0 Å². The summed E-state index contributed by atoms with van der Waals surface area (Å²) >= 11 is 0. The van der Waals surface area contributed by atoms with E-state index >= 15 is 0 Å². The summed E-state index contributed by atoms with van der Waals surface area (Å²) in [5, 5.41) is 3.75. The fourth-order valence-corrected chi connectivity index (χ4v) is 1.94. The predicted molar refractivity (Wildman–Crippen MR) is 63.7 cm³/mol. The average molecular weight is 217 g/mol. The molecule has 82 valence electrons. The van der Waals surface area contributed by atoms with E-state index in [2.05, 4.69) is 15.3 Å². The molecule has 0 radical (unpaired) electrons. The summed E-state index contributed by atoms with van der Waals surface area (Å²) in [6.45, 7) is 0.735. The number of nitrogens with one attached hydrogen (secondary N) is 2. The molecule has 3 rings (SSSR count). The molecule has 2 aromatic rings. The minimum atomic E-state index is -0.207. The Morgan fingerprint density at radius 1 is 1.50 bits per heavy atom. The number of rotatable bonds is 0. The van der Waals surface area contributed by atoms with Gasteiger partial charge in [-0.05, 0) is 12.1 Å². The molecular weight excluding hydrogens is 206 g/mol. The van der Waals surface area contributed by atoms with Gasteiger partial charge in [0.2, 0.25) is 5.95 Å². The van der Waals surface area contributed by atoms with E-state index in [-0.39, 0.29) is 11.5 Å². The third-order valence-corrected chi connectivity index (χ3v) is 2.76. The lowest BCUT2D eigenvalue weighted by molar-refractivity contribution is 1.03. The van der Waals surface area contributed by atoms with Crippen molar-refractivity contribution >= 4 is 28.2 Å². The van der Waals surface area contributed by atoms with E-state index in [1.54, 1.807) is 6.07 Å². The van der Waals surface area contributed by atoms with E-state index in [1.807, 2.05) is 18.0 Å². The molecule has 6 nitrogen and oxygen atoms in total. The van der Waals surface area contributed by atoms with Crippen LogP contribution in [0.25, 0.3) is 10.9 Å². The molecule has 0 atom stereocenters. The smallest absolute Gasteiger partial charge is 0.260 e. The fraction of sp³-hybridized carbons (Fsp3) is 0.200. The number of nitrogens with two attached hydrogens (primary N) is 1. The number of anilines is 3. The molecule has 0 aliphatic carbocycles. The largest absolute Gasteiger partial charge is 0.369 e. The molecule has 4 N–H and O–H groups in total. The van der Waals surface area contributed by atoms with Crippen LogP contribution in [0.15, 0.2) is 16.9 Å². The van der Waals surface area contributed by atoms with Crippen molar-refractivity contribution < 1.29 is 0 Å². The molecule has 0 fully saturated rings. The highest BCUT2D eigenvalue weighted by atomic mass is 16.1. The number of fused-ring (bicyclic) bond motifs is 2. The van der Waals surface area contributed by atoms with Gasteiger partial charge in [0.05, 0.1) is 28.9 Å². The Morgan fingerprint density at radius 2 is 2.31 bits per heavy atom.